The Kier molecular flexibility index (Phi) is 6.03. The van der Waals surface area contributed by atoms with E-state index in [-0.39, 0.29) is 5.41 Å². The number of aryl methyl sites for hydroxylation is 2. The highest BCUT2D eigenvalue weighted by Gasteiger charge is 2.25. The smallest absolute Gasteiger partial charge is 0.147 e. The molecule has 0 aliphatic rings. The average Bonchev–Trinajstić information content (AvgIpc) is 3.75. The summed E-state index contributed by atoms with van der Waals surface area (Å²) in [5.41, 5.74) is 11.8. The fraction of sp³-hybridized carbons (Fsp3) is 0.143. The van der Waals surface area contributed by atoms with Gasteiger partial charge in [0.05, 0.1) is 27.8 Å². The van der Waals surface area contributed by atoms with Crippen LogP contribution in [0.25, 0.3) is 75.9 Å². The zero-order valence-electron chi connectivity index (χ0n) is 27.2. The quantitative estimate of drug-likeness (QED) is 0.196. The molecule has 9 aromatic rings. The molecule has 0 aliphatic carbocycles. The van der Waals surface area contributed by atoms with Gasteiger partial charge in [-0.05, 0) is 90.6 Å². The molecule has 4 heterocycles. The second-order valence-electron chi connectivity index (χ2n) is 13.6. The van der Waals surface area contributed by atoms with Crippen LogP contribution in [-0.2, 0) is 5.41 Å². The number of para-hydroxylation sites is 3. The lowest BCUT2D eigenvalue weighted by Gasteiger charge is -2.20. The Balaban J connectivity index is 1.41. The van der Waals surface area contributed by atoms with Crippen molar-refractivity contribution in [2.24, 2.45) is 0 Å². The maximum Gasteiger partial charge on any atom is 0.147 e. The molecule has 0 fully saturated rings. The summed E-state index contributed by atoms with van der Waals surface area (Å²) in [5, 5.41) is 4.95. The van der Waals surface area contributed by atoms with Crippen LogP contribution in [0.1, 0.15) is 37.5 Å². The number of hydrogen-bond donors (Lipinski definition) is 0. The van der Waals surface area contributed by atoms with E-state index in [2.05, 4.69) is 147 Å². The van der Waals surface area contributed by atoms with Gasteiger partial charge in [-0.25, -0.2) is 9.97 Å². The first kappa shape index (κ1) is 28.0. The highest BCUT2D eigenvalue weighted by Crippen LogP contribution is 2.44. The number of aromatic nitrogens is 4. The first-order chi connectivity index (χ1) is 22.8. The van der Waals surface area contributed by atoms with Crippen LogP contribution >= 0.6 is 11.3 Å². The molecule has 5 heteroatoms. The van der Waals surface area contributed by atoms with E-state index < -0.39 is 0 Å². The lowest BCUT2D eigenvalue weighted by Crippen LogP contribution is -2.10. The Labute approximate surface area is 277 Å². The second-order valence-corrected chi connectivity index (χ2v) is 14.6. The zero-order chi connectivity index (χ0) is 32.0. The largest absolute Gasteiger partial charge is 0.309 e. The van der Waals surface area contributed by atoms with Crippen molar-refractivity contribution in [3.05, 3.63) is 132 Å². The van der Waals surface area contributed by atoms with Gasteiger partial charge in [0.25, 0.3) is 0 Å². The Hall–Kier alpha value is -5.26. The molecule has 0 unspecified atom stereocenters. The Morgan fingerprint density at radius 2 is 1.45 bits per heavy atom. The lowest BCUT2D eigenvalue weighted by atomic mass is 9.86. The summed E-state index contributed by atoms with van der Waals surface area (Å²) in [6.45, 7) is 11.4. The average molecular weight is 627 g/mol. The topological polar surface area (TPSA) is 35.6 Å². The predicted octanol–water partition coefficient (Wildman–Crippen LogP) is 11.5. The van der Waals surface area contributed by atoms with Gasteiger partial charge in [-0.3, -0.25) is 4.57 Å². The van der Waals surface area contributed by atoms with Gasteiger partial charge in [0.2, 0.25) is 0 Å². The minimum Gasteiger partial charge on any atom is -0.309 e. The van der Waals surface area contributed by atoms with Gasteiger partial charge in [-0.2, -0.15) is 0 Å². The van der Waals surface area contributed by atoms with E-state index >= 15 is 0 Å². The van der Waals surface area contributed by atoms with E-state index in [1.165, 1.54) is 59.7 Å². The number of nitrogens with zero attached hydrogens (tertiary/aromatic N) is 4. The summed E-state index contributed by atoms with van der Waals surface area (Å²) in [7, 11) is 0. The molecule has 0 radical (unpaired) electrons. The molecule has 0 saturated heterocycles. The Morgan fingerprint density at radius 1 is 0.660 bits per heavy atom. The minimum atomic E-state index is 0.0377. The molecule has 0 N–H and O–H groups in total. The van der Waals surface area contributed by atoms with E-state index in [9.17, 15) is 0 Å². The minimum absolute atomic E-state index is 0.0377. The van der Waals surface area contributed by atoms with Gasteiger partial charge in [0.1, 0.15) is 10.7 Å². The third kappa shape index (κ3) is 4.13. The monoisotopic (exact) mass is 626 g/mol. The Bertz CT molecular complexity index is 2680. The van der Waals surface area contributed by atoms with E-state index in [1.54, 1.807) is 11.3 Å². The van der Waals surface area contributed by atoms with E-state index in [4.69, 9.17) is 9.97 Å². The molecule has 0 atom stereocenters. The number of imidazole rings is 1. The lowest BCUT2D eigenvalue weighted by molar-refractivity contribution is 0.591. The Morgan fingerprint density at radius 3 is 2.28 bits per heavy atom. The molecule has 0 spiro atoms. The number of hydrogen-bond acceptors (Lipinski definition) is 3. The van der Waals surface area contributed by atoms with E-state index in [1.807, 2.05) is 12.3 Å². The molecule has 47 heavy (non-hydrogen) atoms. The van der Waals surface area contributed by atoms with Gasteiger partial charge in [-0.1, -0.05) is 75.4 Å². The SMILES string of the molecule is Cc1cc2c3ccc(C(C)(C)C)cc3n(-c3ccccc3)c2c(C)c1-n1c(-c2cccc3c2sc2ncccc23)nc2ccccc21. The van der Waals surface area contributed by atoms with E-state index in [0.29, 0.717) is 0 Å². The van der Waals surface area contributed by atoms with Crippen LogP contribution in [0.4, 0.5) is 0 Å². The van der Waals surface area contributed by atoms with Gasteiger partial charge in [0, 0.05) is 43.7 Å². The predicted molar refractivity (Wildman–Crippen MR) is 200 cm³/mol. The van der Waals surface area contributed by atoms with Gasteiger partial charge < -0.3 is 4.57 Å². The van der Waals surface area contributed by atoms with Crippen molar-refractivity contribution >= 4 is 64.5 Å². The fourth-order valence-electron chi connectivity index (χ4n) is 7.42. The van der Waals surface area contributed by atoms with Crippen molar-refractivity contribution in [3.8, 4) is 22.8 Å². The van der Waals surface area contributed by atoms with Gasteiger partial charge >= 0.3 is 0 Å². The van der Waals surface area contributed by atoms with Crippen molar-refractivity contribution in [1.29, 1.82) is 0 Å². The molecule has 0 aliphatic heterocycles. The van der Waals surface area contributed by atoms with Crippen molar-refractivity contribution < 1.29 is 0 Å². The number of rotatable bonds is 3. The molecule has 4 nitrogen and oxygen atoms in total. The fourth-order valence-corrected chi connectivity index (χ4v) is 8.57. The van der Waals surface area contributed by atoms with Crippen molar-refractivity contribution in [3.63, 3.8) is 0 Å². The summed E-state index contributed by atoms with van der Waals surface area (Å²) in [6, 6.07) is 39.5. The molecule has 9 rings (SSSR count). The van der Waals surface area contributed by atoms with Crippen LogP contribution in [0.5, 0.6) is 0 Å². The third-order valence-electron chi connectivity index (χ3n) is 9.63. The molecule has 4 aromatic heterocycles. The maximum absolute atomic E-state index is 5.35. The highest BCUT2D eigenvalue weighted by atomic mass is 32.1. The molecule has 0 saturated carbocycles. The van der Waals surface area contributed by atoms with Gasteiger partial charge in [0.15, 0.2) is 0 Å². The maximum atomic E-state index is 5.35. The summed E-state index contributed by atoms with van der Waals surface area (Å²) in [4.78, 5) is 11.1. The highest BCUT2D eigenvalue weighted by molar-refractivity contribution is 7.26. The number of thiophene rings is 1. The van der Waals surface area contributed by atoms with Crippen molar-refractivity contribution in [1.82, 2.24) is 19.1 Å². The van der Waals surface area contributed by atoms with Crippen molar-refractivity contribution in [2.75, 3.05) is 0 Å². The van der Waals surface area contributed by atoms with Gasteiger partial charge in [-0.15, -0.1) is 11.3 Å². The molecule has 0 bridgehead atoms. The zero-order valence-corrected chi connectivity index (χ0v) is 28.0. The van der Waals surface area contributed by atoms with Crippen LogP contribution in [0.2, 0.25) is 0 Å². The number of pyridine rings is 1. The molecular formula is C42H34N4S. The first-order valence-electron chi connectivity index (χ1n) is 16.2. The van der Waals surface area contributed by atoms with Crippen LogP contribution in [0, 0.1) is 13.8 Å². The summed E-state index contributed by atoms with van der Waals surface area (Å²) < 4.78 is 6.08. The van der Waals surface area contributed by atoms with Crippen LogP contribution < -0.4 is 0 Å². The van der Waals surface area contributed by atoms with Crippen LogP contribution in [0.3, 0.4) is 0 Å². The summed E-state index contributed by atoms with van der Waals surface area (Å²) in [6.07, 6.45) is 1.88. The standard InChI is InChI=1S/C42H34N4S/c1-25-23-33-29-21-20-27(42(3,4)5)24-36(29)45(28-13-7-6-8-14-28)38(33)26(2)37(25)46-35-19-10-9-18-34(35)44-40(46)32-16-11-15-30-31-17-12-22-43-41(31)47-39(30)32/h6-24H,1-5H3. The molecular weight excluding hydrogens is 593 g/mol. The van der Waals surface area contributed by atoms with E-state index in [0.717, 1.165) is 32.9 Å². The molecule has 5 aromatic carbocycles. The third-order valence-corrected chi connectivity index (χ3v) is 10.8. The summed E-state index contributed by atoms with van der Waals surface area (Å²) in [5.74, 6) is 0.950. The van der Waals surface area contributed by atoms with Crippen LogP contribution in [-0.4, -0.2) is 19.1 Å². The molecule has 0 amide bonds. The summed E-state index contributed by atoms with van der Waals surface area (Å²) >= 11 is 1.75. The number of benzene rings is 5. The van der Waals surface area contributed by atoms with Crippen LogP contribution in [0.15, 0.2) is 115 Å². The van der Waals surface area contributed by atoms with Crippen molar-refractivity contribution in [2.45, 2.75) is 40.0 Å². The number of fused-ring (bicyclic) bond motifs is 7. The molecule has 228 valence electrons. The normalized spacial score (nSPS) is 12.4. The first-order valence-corrected chi connectivity index (χ1v) is 17.0. The second kappa shape index (κ2) is 10.1.